The van der Waals surface area contributed by atoms with Crippen LogP contribution in [0.15, 0.2) is 47.6 Å². The molecule has 0 fully saturated rings. The van der Waals surface area contributed by atoms with Crippen molar-refractivity contribution in [2.24, 2.45) is 11.0 Å². The molecule has 1 aliphatic heterocycles. The van der Waals surface area contributed by atoms with E-state index >= 15 is 0 Å². The summed E-state index contributed by atoms with van der Waals surface area (Å²) >= 11 is 0. The summed E-state index contributed by atoms with van der Waals surface area (Å²) in [5.74, 6) is -1.54. The van der Waals surface area contributed by atoms with Gasteiger partial charge in [-0.15, -0.1) is 0 Å². The van der Waals surface area contributed by atoms with Crippen LogP contribution in [-0.4, -0.2) is 33.7 Å². The Kier molecular flexibility index (Phi) is 4.85. The predicted molar refractivity (Wildman–Crippen MR) is 109 cm³/mol. The number of nitrogens with one attached hydrogen (secondary N) is 1. The molecule has 2 unspecified atom stereocenters. The van der Waals surface area contributed by atoms with Crippen molar-refractivity contribution in [2.75, 3.05) is 7.11 Å². The zero-order chi connectivity index (χ0) is 22.3. The van der Waals surface area contributed by atoms with Crippen molar-refractivity contribution in [3.8, 4) is 11.5 Å². The molecule has 1 heterocycles. The number of hydrogen-bond acceptors (Lipinski definition) is 8. The number of amides is 1. The molecule has 158 valence electrons. The number of methoxy groups -OCH3 is 1. The van der Waals surface area contributed by atoms with Crippen LogP contribution >= 0.6 is 0 Å². The van der Waals surface area contributed by atoms with Gasteiger partial charge in [0.2, 0.25) is 5.91 Å². The number of carbonyl (C=O) groups is 1. The zero-order valence-corrected chi connectivity index (χ0v) is 16.1. The summed E-state index contributed by atoms with van der Waals surface area (Å²) in [6, 6.07) is 9.32. The van der Waals surface area contributed by atoms with E-state index in [1.807, 2.05) is 12.1 Å². The molecule has 0 saturated heterocycles. The molecule has 2 aromatic carbocycles. The van der Waals surface area contributed by atoms with Crippen molar-refractivity contribution in [2.45, 2.75) is 12.3 Å². The van der Waals surface area contributed by atoms with Crippen LogP contribution in [0.25, 0.3) is 5.57 Å². The maximum atomic E-state index is 12.4. The van der Waals surface area contributed by atoms with Crippen molar-refractivity contribution in [3.63, 3.8) is 0 Å². The number of ether oxygens (including phenoxy) is 1. The van der Waals surface area contributed by atoms with Crippen LogP contribution in [0.3, 0.4) is 0 Å². The van der Waals surface area contributed by atoms with Crippen LogP contribution < -0.4 is 10.2 Å². The highest BCUT2D eigenvalue weighted by molar-refractivity contribution is 6.17. The van der Waals surface area contributed by atoms with Crippen molar-refractivity contribution < 1.29 is 24.5 Å². The Morgan fingerprint density at radius 1 is 1.13 bits per heavy atom. The largest absolute Gasteiger partial charge is 0.497 e. The molecule has 0 aromatic heterocycles. The minimum absolute atomic E-state index is 0.204. The third kappa shape index (κ3) is 3.45. The van der Waals surface area contributed by atoms with E-state index in [9.17, 15) is 30.1 Å². The second kappa shape index (κ2) is 7.52. The molecule has 2 aliphatic rings. The smallest absolute Gasteiger partial charge is 0.318 e. The van der Waals surface area contributed by atoms with Crippen molar-refractivity contribution in [1.82, 2.24) is 5.43 Å². The molecule has 2 atom stereocenters. The molecular weight excluding hydrogens is 408 g/mol. The SMILES string of the molecule is COc1ccc(C2CC(c3cc([N+](=O)[O-])c(O)c([N+](=O)[O-])c3)=CC3=NNC(=O)C32)cc1. The van der Waals surface area contributed by atoms with Gasteiger partial charge in [0.05, 0.1) is 28.6 Å². The van der Waals surface area contributed by atoms with E-state index in [0.29, 0.717) is 17.0 Å². The average Bonchev–Trinajstić information content (AvgIpc) is 3.13. The summed E-state index contributed by atoms with van der Waals surface area (Å²) in [7, 11) is 1.54. The van der Waals surface area contributed by atoms with Gasteiger partial charge < -0.3 is 9.84 Å². The van der Waals surface area contributed by atoms with E-state index in [-0.39, 0.29) is 23.8 Å². The first-order valence-electron chi connectivity index (χ1n) is 9.18. The zero-order valence-electron chi connectivity index (χ0n) is 16.1. The third-order valence-corrected chi connectivity index (χ3v) is 5.44. The van der Waals surface area contributed by atoms with E-state index in [0.717, 1.165) is 17.7 Å². The number of allylic oxidation sites excluding steroid dienone is 2. The highest BCUT2D eigenvalue weighted by atomic mass is 16.6. The summed E-state index contributed by atoms with van der Waals surface area (Å²) in [6.07, 6.45) is 1.88. The number of nitro groups is 2. The lowest BCUT2D eigenvalue weighted by Gasteiger charge is -2.28. The number of phenolic OH excluding ortho intramolecular Hbond substituents is 1. The van der Waals surface area contributed by atoms with Gasteiger partial charge in [-0.2, -0.15) is 5.10 Å². The van der Waals surface area contributed by atoms with Crippen LogP contribution in [0.5, 0.6) is 11.5 Å². The fraction of sp³-hybridized carbons (Fsp3) is 0.200. The van der Waals surface area contributed by atoms with Gasteiger partial charge in [0, 0.05) is 18.1 Å². The Labute approximate surface area is 174 Å². The molecule has 1 amide bonds. The normalized spacial score (nSPS) is 19.7. The van der Waals surface area contributed by atoms with E-state index in [4.69, 9.17) is 4.74 Å². The first-order chi connectivity index (χ1) is 14.8. The summed E-state index contributed by atoms with van der Waals surface area (Å²) in [5.41, 5.74) is 2.90. The Morgan fingerprint density at radius 3 is 2.29 bits per heavy atom. The lowest BCUT2D eigenvalue weighted by Crippen LogP contribution is -2.31. The quantitative estimate of drug-likeness (QED) is 0.552. The Morgan fingerprint density at radius 2 is 1.74 bits per heavy atom. The fourth-order valence-corrected chi connectivity index (χ4v) is 3.93. The Hall–Kier alpha value is -4.28. The summed E-state index contributed by atoms with van der Waals surface area (Å²) in [6.45, 7) is 0. The highest BCUT2D eigenvalue weighted by Crippen LogP contribution is 2.45. The number of aromatic hydroxyl groups is 1. The molecule has 0 saturated carbocycles. The summed E-state index contributed by atoms with van der Waals surface area (Å²) in [5, 5.41) is 36.6. The van der Waals surface area contributed by atoms with E-state index in [2.05, 4.69) is 10.5 Å². The lowest BCUT2D eigenvalue weighted by molar-refractivity contribution is -0.396. The molecule has 0 bridgehead atoms. The Bertz CT molecular complexity index is 1140. The molecule has 0 radical (unpaired) electrons. The van der Waals surface area contributed by atoms with Gasteiger partial charge in [0.1, 0.15) is 5.75 Å². The van der Waals surface area contributed by atoms with E-state index < -0.39 is 32.9 Å². The topological polar surface area (TPSA) is 157 Å². The Balaban J connectivity index is 1.82. The van der Waals surface area contributed by atoms with Crippen molar-refractivity contribution in [3.05, 3.63) is 73.8 Å². The maximum absolute atomic E-state index is 12.4. The second-order valence-corrected chi connectivity index (χ2v) is 7.12. The first-order valence-corrected chi connectivity index (χ1v) is 9.18. The van der Waals surface area contributed by atoms with Gasteiger partial charge in [-0.3, -0.25) is 25.0 Å². The van der Waals surface area contributed by atoms with Crippen LogP contribution in [-0.2, 0) is 4.79 Å². The number of fused-ring (bicyclic) bond motifs is 1. The third-order valence-electron chi connectivity index (χ3n) is 5.44. The molecule has 0 spiro atoms. The molecule has 2 N–H and O–H groups in total. The summed E-state index contributed by atoms with van der Waals surface area (Å²) in [4.78, 5) is 33.3. The molecule has 1 aliphatic carbocycles. The van der Waals surface area contributed by atoms with Gasteiger partial charge in [0.25, 0.3) is 5.75 Å². The molecule has 31 heavy (non-hydrogen) atoms. The monoisotopic (exact) mass is 424 g/mol. The van der Waals surface area contributed by atoms with Crippen LogP contribution in [0.4, 0.5) is 11.4 Å². The van der Waals surface area contributed by atoms with Crippen LogP contribution in [0, 0.1) is 26.1 Å². The number of hydrazone groups is 1. The minimum atomic E-state index is -1.00. The second-order valence-electron chi connectivity index (χ2n) is 7.12. The number of hydrogen-bond donors (Lipinski definition) is 2. The molecule has 11 nitrogen and oxygen atoms in total. The molecule has 2 aromatic rings. The highest BCUT2D eigenvalue weighted by Gasteiger charge is 2.41. The molecule has 4 rings (SSSR count). The fourth-order valence-electron chi connectivity index (χ4n) is 3.93. The minimum Gasteiger partial charge on any atom is -0.497 e. The number of rotatable bonds is 5. The maximum Gasteiger partial charge on any atom is 0.318 e. The molecular formula is C20H16N4O7. The molecule has 11 heteroatoms. The van der Waals surface area contributed by atoms with Gasteiger partial charge in [-0.1, -0.05) is 12.1 Å². The van der Waals surface area contributed by atoms with Gasteiger partial charge >= 0.3 is 11.4 Å². The van der Waals surface area contributed by atoms with Crippen LogP contribution in [0.2, 0.25) is 0 Å². The standard InChI is InChI=1S/C20H16N4O7/c1-31-13-4-2-10(3-5-13)14-6-11(7-15-18(14)20(26)22-21-15)12-8-16(23(27)28)19(25)17(9-12)24(29)30/h2-5,7-9,14,18,25H,6H2,1H3,(H,22,26). The predicted octanol–water partition coefficient (Wildman–Crippen LogP) is 2.89. The first kappa shape index (κ1) is 20.0. The number of phenols is 1. The van der Waals surface area contributed by atoms with Gasteiger partial charge in [0.15, 0.2) is 0 Å². The van der Waals surface area contributed by atoms with Crippen molar-refractivity contribution >= 4 is 28.6 Å². The van der Waals surface area contributed by atoms with Crippen LogP contribution in [0.1, 0.15) is 23.5 Å². The van der Waals surface area contributed by atoms with Gasteiger partial charge in [-0.05, 0) is 41.3 Å². The van der Waals surface area contributed by atoms with Gasteiger partial charge in [-0.25, -0.2) is 5.43 Å². The van der Waals surface area contributed by atoms with E-state index in [1.54, 1.807) is 18.2 Å². The number of nitro benzene ring substituents is 2. The number of carbonyl (C=O) groups excluding carboxylic acids is 1. The average molecular weight is 424 g/mol. The number of nitrogens with zero attached hydrogens (tertiary/aromatic N) is 3. The lowest BCUT2D eigenvalue weighted by atomic mass is 9.73. The summed E-state index contributed by atoms with van der Waals surface area (Å²) < 4.78 is 5.17. The van der Waals surface area contributed by atoms with E-state index in [1.165, 1.54) is 7.11 Å². The number of benzene rings is 2. The van der Waals surface area contributed by atoms with Crippen molar-refractivity contribution in [1.29, 1.82) is 0 Å².